The Labute approximate surface area is 140 Å². The zero-order valence-corrected chi connectivity index (χ0v) is 13.6. The number of carbonyl (C=O) groups is 1. The summed E-state index contributed by atoms with van der Waals surface area (Å²) in [5, 5.41) is 8.82. The molecule has 1 unspecified atom stereocenters. The molecule has 1 fully saturated rings. The lowest BCUT2D eigenvalue weighted by atomic mass is 10.1. The Morgan fingerprint density at radius 1 is 1.50 bits per heavy atom. The highest BCUT2D eigenvalue weighted by Gasteiger charge is 2.27. The predicted molar refractivity (Wildman–Crippen MR) is 86.9 cm³/mol. The quantitative estimate of drug-likeness (QED) is 0.838. The molecule has 7 nitrogen and oxygen atoms in total. The highest BCUT2D eigenvalue weighted by Crippen LogP contribution is 2.27. The van der Waals surface area contributed by atoms with Gasteiger partial charge in [0.05, 0.1) is 19.3 Å². The van der Waals surface area contributed by atoms with Gasteiger partial charge in [0.25, 0.3) is 0 Å². The van der Waals surface area contributed by atoms with E-state index in [1.807, 2.05) is 31.3 Å². The lowest BCUT2D eigenvalue weighted by Gasteiger charge is -2.34. The Hall–Kier alpha value is -2.38. The molecule has 7 heteroatoms. The number of nitrogens with zero attached hydrogens (tertiary/aromatic N) is 2. The zero-order chi connectivity index (χ0) is 16.9. The number of H-pyrrole nitrogens is 1. The molecule has 1 aromatic carbocycles. The summed E-state index contributed by atoms with van der Waals surface area (Å²) < 4.78 is 11.0. The molecule has 128 valence electrons. The van der Waals surface area contributed by atoms with Gasteiger partial charge in [-0.25, -0.2) is 9.78 Å². The minimum Gasteiger partial charge on any atom is -0.482 e. The standard InChI is InChI=1S/C17H21N3O4/c1-12-8-18-17(19-12)14-10-23-7-6-20(14)9-13-4-2-3-5-15(13)24-11-16(21)22/h2-5,8,14H,6-7,9-11H2,1H3,(H,18,19)(H,21,22). The van der Waals surface area contributed by atoms with Gasteiger partial charge < -0.3 is 19.6 Å². The average molecular weight is 331 g/mol. The summed E-state index contributed by atoms with van der Waals surface area (Å²) in [6.07, 6.45) is 1.81. The zero-order valence-electron chi connectivity index (χ0n) is 13.6. The van der Waals surface area contributed by atoms with Crippen molar-refractivity contribution >= 4 is 5.97 Å². The number of para-hydroxylation sites is 1. The second-order valence-electron chi connectivity index (χ2n) is 5.80. The second kappa shape index (κ2) is 7.46. The number of aliphatic carboxylic acids is 1. The predicted octanol–water partition coefficient (Wildman–Crippen LogP) is 1.76. The molecule has 0 spiro atoms. The molecule has 3 rings (SSSR count). The number of hydrogen-bond donors (Lipinski definition) is 2. The van der Waals surface area contributed by atoms with Crippen LogP contribution in [0.25, 0.3) is 0 Å². The third-order valence-electron chi connectivity index (χ3n) is 3.97. The molecule has 1 aromatic heterocycles. The van der Waals surface area contributed by atoms with Crippen molar-refractivity contribution in [1.82, 2.24) is 14.9 Å². The van der Waals surface area contributed by atoms with Crippen LogP contribution in [-0.2, 0) is 16.1 Å². The smallest absolute Gasteiger partial charge is 0.341 e. The van der Waals surface area contributed by atoms with E-state index in [9.17, 15) is 4.79 Å². The number of carboxylic acid groups (broad SMARTS) is 1. The number of benzene rings is 1. The molecule has 0 saturated carbocycles. The van der Waals surface area contributed by atoms with E-state index in [2.05, 4.69) is 14.9 Å². The first-order valence-electron chi connectivity index (χ1n) is 7.89. The maximum absolute atomic E-state index is 10.7. The molecule has 2 heterocycles. The highest BCUT2D eigenvalue weighted by molar-refractivity contribution is 5.68. The van der Waals surface area contributed by atoms with Crippen LogP contribution in [-0.4, -0.2) is 52.3 Å². The molecule has 0 aliphatic carbocycles. The van der Waals surface area contributed by atoms with E-state index in [0.29, 0.717) is 25.5 Å². The Balaban J connectivity index is 1.77. The van der Waals surface area contributed by atoms with Crippen molar-refractivity contribution in [3.05, 3.63) is 47.5 Å². The van der Waals surface area contributed by atoms with Crippen LogP contribution in [0.5, 0.6) is 5.75 Å². The maximum atomic E-state index is 10.7. The molecule has 1 saturated heterocycles. The largest absolute Gasteiger partial charge is 0.482 e. The van der Waals surface area contributed by atoms with Gasteiger partial charge in [-0.2, -0.15) is 0 Å². The topological polar surface area (TPSA) is 87.7 Å². The molecule has 0 bridgehead atoms. The molecular weight excluding hydrogens is 310 g/mol. The maximum Gasteiger partial charge on any atom is 0.341 e. The van der Waals surface area contributed by atoms with Crippen LogP contribution < -0.4 is 4.74 Å². The van der Waals surface area contributed by atoms with Crippen LogP contribution in [0.2, 0.25) is 0 Å². The van der Waals surface area contributed by atoms with Crippen LogP contribution in [0.15, 0.2) is 30.5 Å². The molecule has 2 aromatic rings. The molecule has 2 N–H and O–H groups in total. The fourth-order valence-corrected chi connectivity index (χ4v) is 2.81. The number of rotatable bonds is 6. The minimum absolute atomic E-state index is 0.0416. The van der Waals surface area contributed by atoms with Crippen molar-refractivity contribution in [2.24, 2.45) is 0 Å². The summed E-state index contributed by atoms with van der Waals surface area (Å²) in [5.74, 6) is 0.497. The van der Waals surface area contributed by atoms with Gasteiger partial charge in [0, 0.05) is 30.5 Å². The van der Waals surface area contributed by atoms with E-state index < -0.39 is 5.97 Å². The van der Waals surface area contributed by atoms with Crippen molar-refractivity contribution in [3.63, 3.8) is 0 Å². The van der Waals surface area contributed by atoms with Gasteiger partial charge in [0.2, 0.25) is 0 Å². The van der Waals surface area contributed by atoms with Gasteiger partial charge in [-0.05, 0) is 13.0 Å². The van der Waals surface area contributed by atoms with Crippen molar-refractivity contribution in [3.8, 4) is 5.75 Å². The lowest BCUT2D eigenvalue weighted by Crippen LogP contribution is -2.39. The third-order valence-corrected chi connectivity index (χ3v) is 3.97. The molecule has 1 atom stereocenters. The molecule has 1 aliphatic heterocycles. The fourth-order valence-electron chi connectivity index (χ4n) is 2.81. The first-order chi connectivity index (χ1) is 11.6. The number of imidazole rings is 1. The third kappa shape index (κ3) is 3.93. The van der Waals surface area contributed by atoms with Crippen molar-refractivity contribution < 1.29 is 19.4 Å². The van der Waals surface area contributed by atoms with Crippen LogP contribution in [0.1, 0.15) is 23.1 Å². The van der Waals surface area contributed by atoms with Crippen LogP contribution in [0.4, 0.5) is 0 Å². The molecular formula is C17H21N3O4. The number of nitrogens with one attached hydrogen (secondary N) is 1. The van der Waals surface area contributed by atoms with Gasteiger partial charge in [0.15, 0.2) is 6.61 Å². The summed E-state index contributed by atoms with van der Waals surface area (Å²) in [4.78, 5) is 20.7. The number of carboxylic acids is 1. The number of aromatic amines is 1. The fraction of sp³-hybridized carbons (Fsp3) is 0.412. The van der Waals surface area contributed by atoms with E-state index in [-0.39, 0.29) is 12.6 Å². The van der Waals surface area contributed by atoms with E-state index in [0.717, 1.165) is 23.6 Å². The van der Waals surface area contributed by atoms with Gasteiger partial charge in [-0.15, -0.1) is 0 Å². The first-order valence-corrected chi connectivity index (χ1v) is 7.89. The second-order valence-corrected chi connectivity index (χ2v) is 5.80. The number of morpholine rings is 1. The van der Waals surface area contributed by atoms with Gasteiger partial charge >= 0.3 is 5.97 Å². The summed E-state index contributed by atoms with van der Waals surface area (Å²) in [6.45, 7) is 4.28. The number of hydrogen-bond acceptors (Lipinski definition) is 5. The summed E-state index contributed by atoms with van der Waals surface area (Å²) in [6, 6.07) is 7.56. The molecule has 24 heavy (non-hydrogen) atoms. The monoisotopic (exact) mass is 331 g/mol. The Bertz CT molecular complexity index is 701. The molecule has 0 radical (unpaired) electrons. The van der Waals surface area contributed by atoms with E-state index >= 15 is 0 Å². The Morgan fingerprint density at radius 2 is 2.33 bits per heavy atom. The minimum atomic E-state index is -0.986. The normalized spacial score (nSPS) is 18.5. The molecule has 0 amide bonds. The van der Waals surface area contributed by atoms with Crippen LogP contribution in [0.3, 0.4) is 0 Å². The molecule has 1 aliphatic rings. The summed E-state index contributed by atoms with van der Waals surface area (Å²) in [5.41, 5.74) is 1.97. The van der Waals surface area contributed by atoms with Crippen molar-refractivity contribution in [2.45, 2.75) is 19.5 Å². The Morgan fingerprint density at radius 3 is 3.08 bits per heavy atom. The van der Waals surface area contributed by atoms with E-state index in [1.165, 1.54) is 0 Å². The number of aromatic nitrogens is 2. The van der Waals surface area contributed by atoms with Gasteiger partial charge in [-0.3, -0.25) is 4.90 Å². The average Bonchev–Trinajstić information content (AvgIpc) is 3.01. The highest BCUT2D eigenvalue weighted by atomic mass is 16.5. The van der Waals surface area contributed by atoms with Crippen LogP contribution >= 0.6 is 0 Å². The Kier molecular flexibility index (Phi) is 5.12. The summed E-state index contributed by atoms with van der Waals surface area (Å²) in [7, 11) is 0. The van der Waals surface area contributed by atoms with Gasteiger partial charge in [0.1, 0.15) is 11.6 Å². The SMILES string of the molecule is Cc1cnc(C2COCCN2Cc2ccccc2OCC(=O)O)[nH]1. The first kappa shape index (κ1) is 16.5. The summed E-state index contributed by atoms with van der Waals surface area (Å²) >= 11 is 0. The van der Waals surface area contributed by atoms with Gasteiger partial charge in [-0.1, -0.05) is 18.2 Å². The van der Waals surface area contributed by atoms with Crippen molar-refractivity contribution in [1.29, 1.82) is 0 Å². The van der Waals surface area contributed by atoms with E-state index in [1.54, 1.807) is 6.07 Å². The van der Waals surface area contributed by atoms with E-state index in [4.69, 9.17) is 14.6 Å². The lowest BCUT2D eigenvalue weighted by molar-refractivity contribution is -0.139. The van der Waals surface area contributed by atoms with Crippen molar-refractivity contribution in [2.75, 3.05) is 26.4 Å². The number of aryl methyl sites for hydroxylation is 1. The van der Waals surface area contributed by atoms with Crippen LogP contribution in [0, 0.1) is 6.92 Å². The number of ether oxygens (including phenoxy) is 2.